The predicted molar refractivity (Wildman–Crippen MR) is 119 cm³/mol. The summed E-state index contributed by atoms with van der Waals surface area (Å²) in [5.41, 5.74) is 6.24. The van der Waals surface area contributed by atoms with E-state index in [0.29, 0.717) is 4.88 Å². The Morgan fingerprint density at radius 3 is 2.83 bits per heavy atom. The molecule has 30 heavy (non-hydrogen) atoms. The molecular formula is C23H25N3O3S. The van der Waals surface area contributed by atoms with Gasteiger partial charge < -0.3 is 9.57 Å². The average molecular weight is 424 g/mol. The van der Waals surface area contributed by atoms with Crippen LogP contribution in [0.4, 0.5) is 0 Å². The molecule has 2 aliphatic rings. The molecule has 7 heteroatoms. The van der Waals surface area contributed by atoms with Gasteiger partial charge >= 0.3 is 0 Å². The molecule has 1 aliphatic carbocycles. The molecule has 1 N–H and O–H groups in total. The lowest BCUT2D eigenvalue weighted by Gasteiger charge is -2.34. The number of nitrogens with zero attached hydrogens (tertiary/aromatic N) is 2. The van der Waals surface area contributed by atoms with Gasteiger partial charge in [-0.2, -0.15) is 5.10 Å². The molecule has 6 nitrogen and oxygen atoms in total. The van der Waals surface area contributed by atoms with Crippen LogP contribution in [0.3, 0.4) is 0 Å². The van der Waals surface area contributed by atoms with Gasteiger partial charge in [-0.3, -0.25) is 4.79 Å². The fourth-order valence-electron chi connectivity index (χ4n) is 3.81. The van der Waals surface area contributed by atoms with E-state index in [1.54, 1.807) is 13.2 Å². The van der Waals surface area contributed by atoms with Crippen molar-refractivity contribution in [1.29, 1.82) is 0 Å². The Balaban J connectivity index is 1.44. The van der Waals surface area contributed by atoms with Crippen LogP contribution < -0.4 is 10.2 Å². The topological polar surface area (TPSA) is 72.3 Å². The normalized spacial score (nSPS) is 24.8. The zero-order valence-corrected chi connectivity index (χ0v) is 18.2. The first-order valence-electron chi connectivity index (χ1n) is 9.95. The molecule has 1 aliphatic heterocycles. The summed E-state index contributed by atoms with van der Waals surface area (Å²) < 4.78 is 5.23. The summed E-state index contributed by atoms with van der Waals surface area (Å²) in [7, 11) is 1.66. The van der Waals surface area contributed by atoms with Crippen LogP contribution in [-0.4, -0.2) is 30.0 Å². The molecule has 2 atom stereocenters. The summed E-state index contributed by atoms with van der Waals surface area (Å²) in [4.78, 5) is 18.8. The van der Waals surface area contributed by atoms with Gasteiger partial charge in [-0.1, -0.05) is 17.3 Å². The largest absolute Gasteiger partial charge is 0.497 e. The molecule has 4 rings (SSSR count). The van der Waals surface area contributed by atoms with Crippen molar-refractivity contribution in [1.82, 2.24) is 5.43 Å². The average Bonchev–Trinajstić information content (AvgIpc) is 3.44. The minimum Gasteiger partial charge on any atom is -0.497 e. The highest BCUT2D eigenvalue weighted by Gasteiger charge is 2.43. The lowest BCUT2D eigenvalue weighted by molar-refractivity contribution is -0.0470. The van der Waals surface area contributed by atoms with Gasteiger partial charge in [-0.25, -0.2) is 5.43 Å². The van der Waals surface area contributed by atoms with Crippen molar-refractivity contribution >= 4 is 28.7 Å². The van der Waals surface area contributed by atoms with E-state index in [2.05, 4.69) is 28.7 Å². The quantitative estimate of drug-likeness (QED) is 0.704. The number of carbonyl (C=O) groups excluding carboxylic acids is 1. The van der Waals surface area contributed by atoms with Crippen molar-refractivity contribution in [3.05, 3.63) is 63.9 Å². The molecule has 0 radical (unpaired) electrons. The number of hydrogen-bond acceptors (Lipinski definition) is 6. The van der Waals surface area contributed by atoms with Crippen molar-refractivity contribution < 1.29 is 14.4 Å². The van der Waals surface area contributed by atoms with Crippen LogP contribution >= 0.6 is 11.3 Å². The second kappa shape index (κ2) is 8.44. The molecule has 1 aromatic heterocycles. The number of oxime groups is 1. The van der Waals surface area contributed by atoms with Crippen LogP contribution in [-0.2, 0) is 4.84 Å². The van der Waals surface area contributed by atoms with Gasteiger partial charge in [0.25, 0.3) is 5.91 Å². The fraction of sp³-hybridized carbons (Fsp3) is 0.348. The predicted octanol–water partition coefficient (Wildman–Crippen LogP) is 4.78. The summed E-state index contributed by atoms with van der Waals surface area (Å²) in [6, 6.07) is 11.5. The monoisotopic (exact) mass is 423 g/mol. The summed E-state index contributed by atoms with van der Waals surface area (Å²) in [6.45, 7) is 4.14. The lowest BCUT2D eigenvalue weighted by Crippen LogP contribution is -2.38. The van der Waals surface area contributed by atoms with Gasteiger partial charge in [0.2, 0.25) is 0 Å². The van der Waals surface area contributed by atoms with Crippen LogP contribution in [0.25, 0.3) is 0 Å². The zero-order valence-electron chi connectivity index (χ0n) is 17.3. The third kappa shape index (κ3) is 4.16. The zero-order chi connectivity index (χ0) is 21.1. The van der Waals surface area contributed by atoms with E-state index in [1.165, 1.54) is 11.3 Å². The molecule has 0 fully saturated rings. The Bertz CT molecular complexity index is 1010. The van der Waals surface area contributed by atoms with Crippen LogP contribution in [0.15, 0.2) is 63.7 Å². The number of hydrogen-bond donors (Lipinski definition) is 1. The molecule has 1 aromatic carbocycles. The van der Waals surface area contributed by atoms with Crippen molar-refractivity contribution in [3.8, 4) is 5.75 Å². The third-order valence-corrected chi connectivity index (χ3v) is 6.68. The first-order chi connectivity index (χ1) is 14.5. The Kier molecular flexibility index (Phi) is 5.72. The van der Waals surface area contributed by atoms with E-state index in [4.69, 9.17) is 9.57 Å². The van der Waals surface area contributed by atoms with E-state index >= 15 is 0 Å². The van der Waals surface area contributed by atoms with Crippen molar-refractivity contribution in [2.75, 3.05) is 7.11 Å². The Morgan fingerprint density at radius 1 is 1.33 bits per heavy atom. The van der Waals surface area contributed by atoms with E-state index in [9.17, 15) is 4.79 Å². The highest BCUT2D eigenvalue weighted by molar-refractivity contribution is 7.12. The molecule has 1 amide bonds. The van der Waals surface area contributed by atoms with Crippen molar-refractivity contribution in [2.45, 2.75) is 38.7 Å². The number of benzene rings is 1. The maximum atomic E-state index is 12.2. The molecule has 156 valence electrons. The lowest BCUT2D eigenvalue weighted by atomic mass is 9.75. The summed E-state index contributed by atoms with van der Waals surface area (Å²) in [5.74, 6) is 0.860. The highest BCUT2D eigenvalue weighted by atomic mass is 32.1. The van der Waals surface area contributed by atoms with Gasteiger partial charge in [-0.05, 0) is 73.5 Å². The number of thiophene rings is 1. The number of ether oxygens (including phenoxy) is 1. The van der Waals surface area contributed by atoms with Crippen LogP contribution in [0.1, 0.15) is 48.3 Å². The van der Waals surface area contributed by atoms with E-state index in [1.807, 2.05) is 42.6 Å². The number of amides is 1. The number of rotatable bonds is 5. The van der Waals surface area contributed by atoms with Gasteiger partial charge in [0.1, 0.15) is 11.4 Å². The van der Waals surface area contributed by atoms with Crippen LogP contribution in [0.2, 0.25) is 0 Å². The molecule has 0 bridgehead atoms. The first-order valence-corrected chi connectivity index (χ1v) is 10.8. The van der Waals surface area contributed by atoms with E-state index < -0.39 is 5.60 Å². The van der Waals surface area contributed by atoms with Crippen molar-refractivity contribution in [2.24, 2.45) is 16.2 Å². The molecule has 0 saturated heterocycles. The van der Waals surface area contributed by atoms with Gasteiger partial charge in [-0.15, -0.1) is 11.3 Å². The Morgan fingerprint density at radius 2 is 2.13 bits per heavy atom. The van der Waals surface area contributed by atoms with Gasteiger partial charge in [0.15, 0.2) is 0 Å². The molecule has 0 spiro atoms. The second-order valence-corrected chi connectivity index (χ2v) is 8.80. The van der Waals surface area contributed by atoms with Crippen LogP contribution in [0, 0.1) is 5.92 Å². The highest BCUT2D eigenvalue weighted by Crippen LogP contribution is 2.40. The minimum atomic E-state index is -0.412. The smallest absolute Gasteiger partial charge is 0.281 e. The van der Waals surface area contributed by atoms with Gasteiger partial charge in [0, 0.05) is 12.3 Å². The molecular weight excluding hydrogens is 398 g/mol. The summed E-state index contributed by atoms with van der Waals surface area (Å²) in [5, 5.41) is 10.7. The first kappa shape index (κ1) is 20.3. The Labute approximate surface area is 180 Å². The summed E-state index contributed by atoms with van der Waals surface area (Å²) in [6.07, 6.45) is 4.52. The molecule has 2 aromatic rings. The fourth-order valence-corrected chi connectivity index (χ4v) is 4.42. The Hall–Kier alpha value is -2.93. The molecule has 0 unspecified atom stereocenters. The van der Waals surface area contributed by atoms with E-state index in [0.717, 1.165) is 47.6 Å². The van der Waals surface area contributed by atoms with Crippen LogP contribution in [0.5, 0.6) is 5.75 Å². The second-order valence-electron chi connectivity index (χ2n) is 7.85. The minimum absolute atomic E-state index is 0.180. The molecule has 0 saturated carbocycles. The number of hydrazone groups is 1. The standard InChI is InChI=1S/C23H25N3O3S/c1-15-6-9-17(13-19(15)24-25-22(27)21-5-4-12-30-21)23(2)14-20(26-29-23)16-7-10-18(28-3)11-8-16/h4-8,10-12,17H,9,13-14H2,1-3H3,(H,25,27)/b24-19+/t17-,23-/m0/s1. The third-order valence-electron chi connectivity index (χ3n) is 5.81. The SMILES string of the molecule is COc1ccc(C2=NO[C@](C)([C@H]3CC=C(C)/C(=N/NC(=O)c4cccs4)C3)C2)cc1. The van der Waals surface area contributed by atoms with E-state index in [-0.39, 0.29) is 11.8 Å². The number of allylic oxidation sites excluding steroid dienone is 2. The maximum Gasteiger partial charge on any atom is 0.281 e. The van der Waals surface area contributed by atoms with Gasteiger partial charge in [0.05, 0.1) is 23.4 Å². The number of methoxy groups -OCH3 is 1. The number of nitrogens with one attached hydrogen (secondary N) is 1. The van der Waals surface area contributed by atoms with Crippen molar-refractivity contribution in [3.63, 3.8) is 0 Å². The summed E-state index contributed by atoms with van der Waals surface area (Å²) >= 11 is 1.40. The molecule has 2 heterocycles. The maximum absolute atomic E-state index is 12.2. The number of carbonyl (C=O) groups is 1.